The summed E-state index contributed by atoms with van der Waals surface area (Å²) in [5.74, 6) is -0.419. The molecule has 0 atom stereocenters. The van der Waals surface area contributed by atoms with Crippen molar-refractivity contribution in [2.75, 3.05) is 13.1 Å². The molecule has 1 fully saturated rings. The number of hydrogen-bond acceptors (Lipinski definition) is 3. The zero-order valence-corrected chi connectivity index (χ0v) is 11.1. The number of nitrogens with two attached hydrogens (primary N) is 1. The molecule has 6 heteroatoms. The van der Waals surface area contributed by atoms with Crippen LogP contribution in [0.2, 0.25) is 0 Å². The van der Waals surface area contributed by atoms with E-state index < -0.39 is 15.8 Å². The highest BCUT2D eigenvalue weighted by atomic mass is 32.2. The van der Waals surface area contributed by atoms with Crippen LogP contribution in [0.5, 0.6) is 0 Å². The quantitative estimate of drug-likeness (QED) is 0.904. The van der Waals surface area contributed by atoms with Crippen LogP contribution >= 0.6 is 0 Å². The normalized spacial score (nSPS) is 17.3. The van der Waals surface area contributed by atoms with Crippen LogP contribution < -0.4 is 5.73 Å². The van der Waals surface area contributed by atoms with E-state index >= 15 is 0 Å². The molecule has 18 heavy (non-hydrogen) atoms. The average molecular weight is 272 g/mol. The fourth-order valence-electron chi connectivity index (χ4n) is 2.18. The van der Waals surface area contributed by atoms with Crippen molar-refractivity contribution >= 4 is 10.0 Å². The molecule has 1 heterocycles. The van der Waals surface area contributed by atoms with Gasteiger partial charge in [-0.05, 0) is 37.5 Å². The van der Waals surface area contributed by atoms with Crippen LogP contribution in [0.15, 0.2) is 17.0 Å². The van der Waals surface area contributed by atoms with E-state index in [9.17, 15) is 12.8 Å². The zero-order chi connectivity index (χ0) is 13.3. The lowest BCUT2D eigenvalue weighted by Gasteiger charge is -2.17. The molecule has 0 unspecified atom stereocenters. The molecule has 0 aromatic heterocycles. The SMILES string of the molecule is Cc1cc(S(=O)(=O)N2CCCC2)cc(CN)c1F. The highest BCUT2D eigenvalue weighted by Gasteiger charge is 2.28. The van der Waals surface area contributed by atoms with Crippen molar-refractivity contribution in [1.82, 2.24) is 4.31 Å². The topological polar surface area (TPSA) is 63.4 Å². The van der Waals surface area contributed by atoms with E-state index in [2.05, 4.69) is 0 Å². The van der Waals surface area contributed by atoms with Crippen molar-refractivity contribution < 1.29 is 12.8 Å². The van der Waals surface area contributed by atoms with Crippen LogP contribution in [0.1, 0.15) is 24.0 Å². The molecular weight excluding hydrogens is 255 g/mol. The van der Waals surface area contributed by atoms with Crippen molar-refractivity contribution in [2.24, 2.45) is 5.73 Å². The van der Waals surface area contributed by atoms with Crippen molar-refractivity contribution in [2.45, 2.75) is 31.2 Å². The van der Waals surface area contributed by atoms with Crippen molar-refractivity contribution in [3.05, 3.63) is 29.1 Å². The maximum atomic E-state index is 13.7. The molecule has 0 spiro atoms. The lowest BCUT2D eigenvalue weighted by Crippen LogP contribution is -2.28. The second kappa shape index (κ2) is 4.95. The average Bonchev–Trinajstić information content (AvgIpc) is 2.86. The molecule has 0 aliphatic carbocycles. The minimum absolute atomic E-state index is 0.00394. The summed E-state index contributed by atoms with van der Waals surface area (Å²) in [4.78, 5) is 0.142. The summed E-state index contributed by atoms with van der Waals surface area (Å²) in [6, 6.07) is 2.72. The predicted molar refractivity (Wildman–Crippen MR) is 67.0 cm³/mol. The molecule has 1 aliphatic rings. The summed E-state index contributed by atoms with van der Waals surface area (Å²) in [6.07, 6.45) is 1.76. The number of nitrogens with zero attached hydrogens (tertiary/aromatic N) is 1. The molecule has 2 rings (SSSR count). The molecule has 0 bridgehead atoms. The van der Waals surface area contributed by atoms with Gasteiger partial charge in [0.2, 0.25) is 10.0 Å². The Bertz CT molecular complexity index is 551. The first-order chi connectivity index (χ1) is 8.46. The largest absolute Gasteiger partial charge is 0.326 e. The molecule has 1 aromatic carbocycles. The van der Waals surface area contributed by atoms with Gasteiger partial charge in [-0.15, -0.1) is 0 Å². The van der Waals surface area contributed by atoms with Gasteiger partial charge in [0.1, 0.15) is 5.82 Å². The summed E-state index contributed by atoms with van der Waals surface area (Å²) >= 11 is 0. The maximum absolute atomic E-state index is 13.7. The fourth-order valence-corrected chi connectivity index (χ4v) is 3.84. The lowest BCUT2D eigenvalue weighted by molar-refractivity contribution is 0.477. The first-order valence-electron chi connectivity index (χ1n) is 5.96. The van der Waals surface area contributed by atoms with Crippen molar-refractivity contribution in [3.63, 3.8) is 0 Å². The Balaban J connectivity index is 2.47. The van der Waals surface area contributed by atoms with Crippen LogP contribution in [0.4, 0.5) is 4.39 Å². The number of hydrogen-bond donors (Lipinski definition) is 1. The van der Waals surface area contributed by atoms with Gasteiger partial charge in [-0.25, -0.2) is 12.8 Å². The van der Waals surface area contributed by atoms with Crippen LogP contribution in [0.25, 0.3) is 0 Å². The summed E-state index contributed by atoms with van der Waals surface area (Å²) in [7, 11) is -3.50. The van der Waals surface area contributed by atoms with Gasteiger partial charge in [-0.3, -0.25) is 0 Å². The van der Waals surface area contributed by atoms with E-state index in [1.54, 1.807) is 6.92 Å². The Morgan fingerprint density at radius 2 is 1.94 bits per heavy atom. The number of halogens is 1. The third kappa shape index (κ3) is 2.28. The monoisotopic (exact) mass is 272 g/mol. The molecule has 0 radical (unpaired) electrons. The summed E-state index contributed by atoms with van der Waals surface area (Å²) in [5.41, 5.74) is 6.00. The molecule has 4 nitrogen and oxygen atoms in total. The third-order valence-electron chi connectivity index (χ3n) is 3.23. The molecular formula is C12H17FN2O2S. The zero-order valence-electron chi connectivity index (χ0n) is 10.3. The number of benzene rings is 1. The van der Waals surface area contributed by atoms with Crippen molar-refractivity contribution in [3.8, 4) is 0 Å². The number of aryl methyl sites for hydroxylation is 1. The number of rotatable bonds is 3. The Morgan fingerprint density at radius 1 is 1.33 bits per heavy atom. The summed E-state index contributed by atoms with van der Waals surface area (Å²) in [6.45, 7) is 2.63. The Morgan fingerprint density at radius 3 is 2.50 bits per heavy atom. The first-order valence-corrected chi connectivity index (χ1v) is 7.40. The maximum Gasteiger partial charge on any atom is 0.243 e. The Labute approximate surface area is 107 Å². The van der Waals surface area contributed by atoms with Gasteiger partial charge < -0.3 is 5.73 Å². The van der Waals surface area contributed by atoms with Crippen LogP contribution in [0.3, 0.4) is 0 Å². The molecule has 1 aromatic rings. The van der Waals surface area contributed by atoms with Gasteiger partial charge in [0.05, 0.1) is 4.90 Å². The molecule has 1 saturated heterocycles. The second-order valence-electron chi connectivity index (χ2n) is 4.53. The van der Waals surface area contributed by atoms with Gasteiger partial charge in [0.25, 0.3) is 0 Å². The minimum atomic E-state index is -3.50. The van der Waals surface area contributed by atoms with Gasteiger partial charge >= 0.3 is 0 Å². The Kier molecular flexibility index (Phi) is 3.70. The van der Waals surface area contributed by atoms with E-state index in [1.807, 2.05) is 0 Å². The Hall–Kier alpha value is -0.980. The molecule has 0 amide bonds. The highest BCUT2D eigenvalue weighted by Crippen LogP contribution is 2.24. The van der Waals surface area contributed by atoms with E-state index in [4.69, 9.17) is 5.73 Å². The number of sulfonamides is 1. The lowest BCUT2D eigenvalue weighted by atomic mass is 10.1. The van der Waals surface area contributed by atoms with Crippen LogP contribution in [0, 0.1) is 12.7 Å². The van der Waals surface area contributed by atoms with Gasteiger partial charge in [-0.2, -0.15) is 4.31 Å². The molecule has 2 N–H and O–H groups in total. The predicted octanol–water partition coefficient (Wildman–Crippen LogP) is 1.38. The summed E-state index contributed by atoms with van der Waals surface area (Å²) < 4.78 is 39.8. The summed E-state index contributed by atoms with van der Waals surface area (Å²) in [5, 5.41) is 0. The van der Waals surface area contributed by atoms with Crippen molar-refractivity contribution in [1.29, 1.82) is 0 Å². The van der Waals surface area contributed by atoms with E-state index in [1.165, 1.54) is 16.4 Å². The third-order valence-corrected chi connectivity index (χ3v) is 5.10. The van der Waals surface area contributed by atoms with Gasteiger partial charge in [-0.1, -0.05) is 0 Å². The standard InChI is InChI=1S/C12H17FN2O2S/c1-9-6-11(7-10(8-14)12(9)13)18(16,17)15-4-2-3-5-15/h6-7H,2-5,8,14H2,1H3. The second-order valence-corrected chi connectivity index (χ2v) is 6.47. The molecule has 100 valence electrons. The molecule has 1 aliphatic heterocycles. The molecule has 0 saturated carbocycles. The van der Waals surface area contributed by atoms with Gasteiger partial charge in [0.15, 0.2) is 0 Å². The smallest absolute Gasteiger partial charge is 0.243 e. The van der Waals surface area contributed by atoms with Crippen LogP contribution in [-0.2, 0) is 16.6 Å². The minimum Gasteiger partial charge on any atom is -0.326 e. The van der Waals surface area contributed by atoms with E-state index in [0.29, 0.717) is 18.7 Å². The van der Waals surface area contributed by atoms with E-state index in [-0.39, 0.29) is 17.0 Å². The first kappa shape index (κ1) is 13.5. The van der Waals surface area contributed by atoms with Crippen LogP contribution in [-0.4, -0.2) is 25.8 Å². The van der Waals surface area contributed by atoms with E-state index in [0.717, 1.165) is 12.8 Å². The van der Waals surface area contributed by atoms with Gasteiger partial charge in [0, 0.05) is 25.2 Å². The fraction of sp³-hybridized carbons (Fsp3) is 0.500. The highest BCUT2D eigenvalue weighted by molar-refractivity contribution is 7.89.